The van der Waals surface area contributed by atoms with E-state index in [1.807, 2.05) is 0 Å². The van der Waals surface area contributed by atoms with E-state index in [0.717, 1.165) is 38.7 Å². The molecular weight excluding hydrogens is 318 g/mol. The molecule has 1 aliphatic heterocycles. The molecule has 0 radical (unpaired) electrons. The Kier molecular flexibility index (Phi) is 8.42. The third-order valence-corrected chi connectivity index (χ3v) is 4.25. The van der Waals surface area contributed by atoms with Gasteiger partial charge in [0, 0.05) is 32.2 Å². The number of esters is 1. The fourth-order valence-electron chi connectivity index (χ4n) is 3.01. The summed E-state index contributed by atoms with van der Waals surface area (Å²) in [5.41, 5.74) is 2.97. The molecule has 0 bridgehead atoms. The van der Waals surface area contributed by atoms with Gasteiger partial charge in [-0.25, -0.2) is 4.79 Å². The summed E-state index contributed by atoms with van der Waals surface area (Å²) >= 11 is 0. The van der Waals surface area contributed by atoms with E-state index in [4.69, 9.17) is 9.57 Å². The number of rotatable bonds is 9. The molecule has 0 fully saturated rings. The minimum atomic E-state index is -0.481. The average molecular weight is 347 g/mol. The largest absolute Gasteiger partial charge is 0.462 e. The van der Waals surface area contributed by atoms with Gasteiger partial charge >= 0.3 is 5.97 Å². The second kappa shape index (κ2) is 10.8. The fourth-order valence-corrected chi connectivity index (χ4v) is 3.01. The lowest BCUT2D eigenvalue weighted by atomic mass is 10.0. The number of benzene rings is 1. The number of nitrogens with zero attached hydrogens (tertiary/aromatic N) is 2. The van der Waals surface area contributed by atoms with Gasteiger partial charge in [-0.05, 0) is 37.8 Å². The lowest BCUT2D eigenvalue weighted by Gasteiger charge is -2.24. The van der Waals surface area contributed by atoms with E-state index in [1.165, 1.54) is 11.1 Å². The van der Waals surface area contributed by atoms with Crippen LogP contribution in [0.4, 0.5) is 0 Å². The number of ether oxygens (including phenoxy) is 1. The third-order valence-electron chi connectivity index (χ3n) is 4.25. The molecular formula is C19H29N3O3. The maximum Gasteiger partial charge on any atom is 0.352 e. The summed E-state index contributed by atoms with van der Waals surface area (Å²) in [5, 5.41) is 7.02. The van der Waals surface area contributed by atoms with Crippen molar-refractivity contribution in [2.75, 3.05) is 39.4 Å². The predicted octanol–water partition coefficient (Wildman–Crippen LogP) is 1.63. The van der Waals surface area contributed by atoms with E-state index in [-0.39, 0.29) is 0 Å². The molecule has 2 rings (SSSR count). The van der Waals surface area contributed by atoms with Gasteiger partial charge in [0.15, 0.2) is 6.21 Å². The quantitative estimate of drug-likeness (QED) is 0.318. The van der Waals surface area contributed by atoms with E-state index >= 15 is 0 Å². The standard InChI is InChI=1S/C19H29N3O3/c1-3-24-19(23)14-21-25-13-10-20-16(2)15-22-11-8-17-6-4-5-7-18(17)9-12-22/h4-7,14,16,20H,3,8-13,15H2,1-2H3/b21-14+/t16-/m0/s1. The van der Waals surface area contributed by atoms with Crippen molar-refractivity contribution in [1.29, 1.82) is 0 Å². The first-order valence-electron chi connectivity index (χ1n) is 9.03. The van der Waals surface area contributed by atoms with E-state index in [1.54, 1.807) is 6.92 Å². The fraction of sp³-hybridized carbons (Fsp3) is 0.579. The van der Waals surface area contributed by atoms with Gasteiger partial charge in [0.25, 0.3) is 0 Å². The highest BCUT2D eigenvalue weighted by atomic mass is 16.6. The molecule has 0 saturated carbocycles. The lowest BCUT2D eigenvalue weighted by molar-refractivity contribution is -0.134. The molecule has 0 unspecified atom stereocenters. The van der Waals surface area contributed by atoms with E-state index in [9.17, 15) is 4.79 Å². The zero-order valence-electron chi connectivity index (χ0n) is 15.2. The van der Waals surface area contributed by atoms with Gasteiger partial charge in [-0.15, -0.1) is 0 Å². The molecule has 1 atom stereocenters. The van der Waals surface area contributed by atoms with Crippen molar-refractivity contribution in [3.8, 4) is 0 Å². The van der Waals surface area contributed by atoms with Crippen LogP contribution in [-0.4, -0.2) is 62.5 Å². The Morgan fingerprint density at radius 3 is 2.64 bits per heavy atom. The van der Waals surface area contributed by atoms with Crippen molar-refractivity contribution in [3.63, 3.8) is 0 Å². The first kappa shape index (κ1) is 19.4. The molecule has 25 heavy (non-hydrogen) atoms. The molecule has 6 nitrogen and oxygen atoms in total. The van der Waals surface area contributed by atoms with Gasteiger partial charge in [-0.1, -0.05) is 29.4 Å². The normalized spacial score (nSPS) is 16.2. The van der Waals surface area contributed by atoms with Gasteiger partial charge in [-0.3, -0.25) is 0 Å². The first-order chi connectivity index (χ1) is 12.2. The smallest absolute Gasteiger partial charge is 0.352 e. The Bertz CT molecular complexity index is 536. The van der Waals surface area contributed by atoms with E-state index in [2.05, 4.69) is 46.6 Å². The van der Waals surface area contributed by atoms with Crippen LogP contribution in [-0.2, 0) is 27.2 Å². The van der Waals surface area contributed by atoms with Gasteiger partial charge in [0.2, 0.25) is 0 Å². The summed E-state index contributed by atoms with van der Waals surface area (Å²) in [6, 6.07) is 9.12. The number of oxime groups is 1. The van der Waals surface area contributed by atoms with Gasteiger partial charge in [-0.2, -0.15) is 0 Å². The Balaban J connectivity index is 1.60. The number of carbonyl (C=O) groups excluding carboxylic acids is 1. The third kappa shape index (κ3) is 7.23. The molecule has 0 aliphatic carbocycles. The maximum atomic E-state index is 11.0. The number of fused-ring (bicyclic) bond motifs is 1. The van der Waals surface area contributed by atoms with Crippen molar-refractivity contribution in [2.45, 2.75) is 32.7 Å². The Labute approximate surface area is 150 Å². The lowest BCUT2D eigenvalue weighted by Crippen LogP contribution is -2.41. The monoisotopic (exact) mass is 347 g/mol. The summed E-state index contributed by atoms with van der Waals surface area (Å²) in [6.07, 6.45) is 3.30. The minimum Gasteiger partial charge on any atom is -0.462 e. The molecule has 1 aliphatic rings. The highest BCUT2D eigenvalue weighted by Gasteiger charge is 2.15. The van der Waals surface area contributed by atoms with Crippen LogP contribution in [0, 0.1) is 0 Å². The Morgan fingerprint density at radius 1 is 1.32 bits per heavy atom. The molecule has 138 valence electrons. The molecule has 1 N–H and O–H groups in total. The zero-order valence-corrected chi connectivity index (χ0v) is 15.2. The van der Waals surface area contributed by atoms with Crippen molar-refractivity contribution >= 4 is 12.2 Å². The summed E-state index contributed by atoms with van der Waals surface area (Å²) in [6.45, 7) is 8.60. The zero-order chi connectivity index (χ0) is 17.9. The van der Waals surface area contributed by atoms with Crippen LogP contribution in [0.1, 0.15) is 25.0 Å². The second-order valence-corrected chi connectivity index (χ2v) is 6.24. The highest BCUT2D eigenvalue weighted by Crippen LogP contribution is 2.15. The van der Waals surface area contributed by atoms with Crippen LogP contribution < -0.4 is 5.32 Å². The van der Waals surface area contributed by atoms with Crippen LogP contribution in [0.3, 0.4) is 0 Å². The molecule has 0 aromatic heterocycles. The summed E-state index contributed by atoms with van der Waals surface area (Å²) in [7, 11) is 0. The van der Waals surface area contributed by atoms with Crippen molar-refractivity contribution in [2.24, 2.45) is 5.16 Å². The molecule has 1 heterocycles. The van der Waals surface area contributed by atoms with Crippen LogP contribution >= 0.6 is 0 Å². The average Bonchev–Trinajstić information content (AvgIpc) is 2.81. The summed E-state index contributed by atoms with van der Waals surface area (Å²) in [5.74, 6) is -0.481. The molecule has 1 aromatic carbocycles. The van der Waals surface area contributed by atoms with Gasteiger partial charge in [0.05, 0.1) is 6.61 Å². The number of hydrogen-bond acceptors (Lipinski definition) is 6. The van der Waals surface area contributed by atoms with Gasteiger partial charge < -0.3 is 19.8 Å². The minimum absolute atomic E-state index is 0.339. The Morgan fingerprint density at radius 2 is 2.00 bits per heavy atom. The predicted molar refractivity (Wildman–Crippen MR) is 98.8 cm³/mol. The summed E-state index contributed by atoms with van der Waals surface area (Å²) in [4.78, 5) is 18.6. The van der Waals surface area contributed by atoms with Crippen molar-refractivity contribution in [1.82, 2.24) is 10.2 Å². The van der Waals surface area contributed by atoms with Crippen LogP contribution in [0.15, 0.2) is 29.4 Å². The number of carbonyl (C=O) groups is 1. The molecule has 1 aromatic rings. The van der Waals surface area contributed by atoms with E-state index in [0.29, 0.717) is 25.8 Å². The molecule has 0 saturated heterocycles. The van der Waals surface area contributed by atoms with Crippen LogP contribution in [0.25, 0.3) is 0 Å². The van der Waals surface area contributed by atoms with Crippen molar-refractivity contribution in [3.05, 3.63) is 35.4 Å². The Hall–Kier alpha value is -1.92. The molecule has 0 spiro atoms. The summed E-state index contributed by atoms with van der Waals surface area (Å²) < 4.78 is 4.72. The highest BCUT2D eigenvalue weighted by molar-refractivity contribution is 6.22. The molecule has 0 amide bonds. The topological polar surface area (TPSA) is 63.2 Å². The SMILES string of the molecule is CCOC(=O)/C=N/OCCN[C@@H](C)CN1CCc2ccccc2CC1. The van der Waals surface area contributed by atoms with E-state index < -0.39 is 5.97 Å². The molecule has 6 heteroatoms. The van der Waals surface area contributed by atoms with Crippen molar-refractivity contribution < 1.29 is 14.4 Å². The first-order valence-corrected chi connectivity index (χ1v) is 9.03. The van der Waals surface area contributed by atoms with Crippen LogP contribution in [0.5, 0.6) is 0 Å². The van der Waals surface area contributed by atoms with Crippen LogP contribution in [0.2, 0.25) is 0 Å². The number of hydrogen-bond donors (Lipinski definition) is 1. The van der Waals surface area contributed by atoms with Gasteiger partial charge in [0.1, 0.15) is 6.61 Å². The maximum absolute atomic E-state index is 11.0. The number of nitrogens with one attached hydrogen (secondary N) is 1. The second-order valence-electron chi connectivity index (χ2n) is 6.24.